The van der Waals surface area contributed by atoms with E-state index in [0.29, 0.717) is 26.4 Å². The second kappa shape index (κ2) is 9.25. The van der Waals surface area contributed by atoms with E-state index in [-0.39, 0.29) is 6.03 Å². The van der Waals surface area contributed by atoms with Crippen molar-refractivity contribution >= 4 is 28.3 Å². The van der Waals surface area contributed by atoms with E-state index >= 15 is 0 Å². The second-order valence-corrected chi connectivity index (χ2v) is 6.70. The van der Waals surface area contributed by atoms with E-state index in [0.717, 1.165) is 41.1 Å². The number of rotatable bonds is 6. The van der Waals surface area contributed by atoms with Crippen molar-refractivity contribution in [1.82, 2.24) is 10.3 Å². The lowest BCUT2D eigenvalue weighted by molar-refractivity contribution is 0.123. The minimum atomic E-state index is -0.253. The van der Waals surface area contributed by atoms with E-state index in [9.17, 15) is 4.79 Å². The highest BCUT2D eigenvalue weighted by Gasteiger charge is 2.15. The third-order valence-electron chi connectivity index (χ3n) is 4.73. The number of pyridine rings is 1. The molecule has 0 saturated carbocycles. The third kappa shape index (κ3) is 4.94. The Labute approximate surface area is 169 Å². The molecule has 1 aromatic heterocycles. The van der Waals surface area contributed by atoms with Crippen LogP contribution in [-0.4, -0.2) is 50.5 Å². The molecule has 0 atom stereocenters. The minimum Gasteiger partial charge on any atom is -0.492 e. The Morgan fingerprint density at radius 3 is 2.86 bits per heavy atom. The number of hydrogen-bond donors (Lipinski definition) is 2. The van der Waals surface area contributed by atoms with Gasteiger partial charge in [-0.05, 0) is 36.4 Å². The molecular formula is C22H24N4O3. The molecule has 2 heterocycles. The molecule has 2 aromatic carbocycles. The van der Waals surface area contributed by atoms with Crippen molar-refractivity contribution in [3.63, 3.8) is 0 Å². The molecule has 7 heteroatoms. The summed E-state index contributed by atoms with van der Waals surface area (Å²) in [5, 5.41) is 6.80. The van der Waals surface area contributed by atoms with E-state index in [4.69, 9.17) is 9.47 Å². The van der Waals surface area contributed by atoms with Crippen molar-refractivity contribution in [3.8, 4) is 5.75 Å². The first kappa shape index (κ1) is 19.0. The van der Waals surface area contributed by atoms with E-state index < -0.39 is 0 Å². The fourth-order valence-corrected chi connectivity index (χ4v) is 3.30. The lowest BCUT2D eigenvalue weighted by atomic mass is 10.2. The lowest BCUT2D eigenvalue weighted by Crippen LogP contribution is -2.37. The Hall–Kier alpha value is -3.32. The number of morpholine rings is 1. The number of carbonyl (C=O) groups is 1. The van der Waals surface area contributed by atoms with Gasteiger partial charge < -0.3 is 25.0 Å². The zero-order chi connectivity index (χ0) is 19.9. The molecule has 150 valence electrons. The molecule has 4 rings (SSSR count). The SMILES string of the molecule is O=C(NCCOc1ccc2ncccc2c1)Nc1ccccc1N1CCOCC1. The molecule has 2 amide bonds. The summed E-state index contributed by atoms with van der Waals surface area (Å²) in [6.07, 6.45) is 1.77. The van der Waals surface area contributed by atoms with Gasteiger partial charge in [0.25, 0.3) is 0 Å². The molecule has 0 unspecified atom stereocenters. The number of para-hydroxylation sites is 2. The number of anilines is 2. The molecule has 3 aromatic rings. The number of amides is 2. The van der Waals surface area contributed by atoms with Gasteiger partial charge in [0, 0.05) is 24.7 Å². The Morgan fingerprint density at radius 1 is 1.10 bits per heavy atom. The van der Waals surface area contributed by atoms with Gasteiger partial charge in [-0.1, -0.05) is 18.2 Å². The average molecular weight is 392 g/mol. The average Bonchev–Trinajstić information content (AvgIpc) is 2.77. The molecule has 1 fully saturated rings. The summed E-state index contributed by atoms with van der Waals surface area (Å²) in [4.78, 5) is 18.8. The van der Waals surface area contributed by atoms with Crippen molar-refractivity contribution < 1.29 is 14.3 Å². The molecule has 0 bridgehead atoms. The van der Waals surface area contributed by atoms with Gasteiger partial charge in [-0.25, -0.2) is 4.79 Å². The van der Waals surface area contributed by atoms with Crippen LogP contribution in [0.4, 0.5) is 16.2 Å². The molecule has 1 aliphatic rings. The lowest BCUT2D eigenvalue weighted by Gasteiger charge is -2.30. The number of nitrogens with zero attached hydrogens (tertiary/aromatic N) is 2. The maximum Gasteiger partial charge on any atom is 0.319 e. The normalized spacial score (nSPS) is 13.9. The molecule has 0 spiro atoms. The largest absolute Gasteiger partial charge is 0.492 e. The first-order valence-electron chi connectivity index (χ1n) is 9.74. The van der Waals surface area contributed by atoms with Crippen LogP contribution in [0.2, 0.25) is 0 Å². The first-order valence-corrected chi connectivity index (χ1v) is 9.74. The standard InChI is InChI=1S/C22H24N4O3/c27-22(25-20-5-1-2-6-21(20)26-11-14-28-15-12-26)24-10-13-29-18-7-8-19-17(16-18)4-3-9-23-19/h1-9,16H,10-15H2,(H2,24,25,27). The van der Waals surface area contributed by atoms with Crippen LogP contribution in [0.5, 0.6) is 5.75 Å². The topological polar surface area (TPSA) is 75.7 Å². The Balaban J connectivity index is 1.27. The maximum absolute atomic E-state index is 12.3. The van der Waals surface area contributed by atoms with Crippen LogP contribution in [0.15, 0.2) is 60.8 Å². The van der Waals surface area contributed by atoms with Crippen LogP contribution in [-0.2, 0) is 4.74 Å². The predicted molar refractivity (Wildman–Crippen MR) is 114 cm³/mol. The van der Waals surface area contributed by atoms with Crippen molar-refractivity contribution in [2.75, 3.05) is 49.7 Å². The zero-order valence-corrected chi connectivity index (χ0v) is 16.1. The fraction of sp³-hybridized carbons (Fsp3) is 0.273. The van der Waals surface area contributed by atoms with E-state index in [1.807, 2.05) is 54.6 Å². The molecule has 0 radical (unpaired) electrons. The number of aromatic nitrogens is 1. The van der Waals surface area contributed by atoms with Crippen LogP contribution < -0.4 is 20.3 Å². The van der Waals surface area contributed by atoms with Gasteiger partial charge in [-0.3, -0.25) is 4.98 Å². The molecular weight excluding hydrogens is 368 g/mol. The monoisotopic (exact) mass is 392 g/mol. The summed E-state index contributed by atoms with van der Waals surface area (Å²) >= 11 is 0. The number of fused-ring (bicyclic) bond motifs is 1. The minimum absolute atomic E-state index is 0.253. The predicted octanol–water partition coefficient (Wildman–Crippen LogP) is 3.27. The van der Waals surface area contributed by atoms with E-state index in [1.165, 1.54) is 0 Å². The highest BCUT2D eigenvalue weighted by molar-refractivity contribution is 5.93. The van der Waals surface area contributed by atoms with Crippen LogP contribution in [0, 0.1) is 0 Å². The van der Waals surface area contributed by atoms with Gasteiger partial charge in [-0.2, -0.15) is 0 Å². The summed E-state index contributed by atoms with van der Waals surface area (Å²) in [5.41, 5.74) is 2.72. The summed E-state index contributed by atoms with van der Waals surface area (Å²) in [5.74, 6) is 0.755. The number of carbonyl (C=O) groups excluding carboxylic acids is 1. The molecule has 0 aliphatic carbocycles. The molecule has 7 nitrogen and oxygen atoms in total. The van der Waals surface area contributed by atoms with Crippen LogP contribution in [0.25, 0.3) is 10.9 Å². The van der Waals surface area contributed by atoms with Crippen molar-refractivity contribution in [3.05, 3.63) is 60.8 Å². The summed E-state index contributed by atoms with van der Waals surface area (Å²) in [6.45, 7) is 3.80. The Morgan fingerprint density at radius 2 is 1.97 bits per heavy atom. The Bertz CT molecular complexity index is 973. The van der Waals surface area contributed by atoms with Gasteiger partial charge >= 0.3 is 6.03 Å². The highest BCUT2D eigenvalue weighted by atomic mass is 16.5. The zero-order valence-electron chi connectivity index (χ0n) is 16.1. The maximum atomic E-state index is 12.3. The summed E-state index contributed by atoms with van der Waals surface area (Å²) < 4.78 is 11.2. The second-order valence-electron chi connectivity index (χ2n) is 6.70. The molecule has 1 aliphatic heterocycles. The van der Waals surface area contributed by atoms with Crippen LogP contribution >= 0.6 is 0 Å². The third-order valence-corrected chi connectivity index (χ3v) is 4.73. The van der Waals surface area contributed by atoms with Crippen molar-refractivity contribution in [2.45, 2.75) is 0 Å². The molecule has 1 saturated heterocycles. The van der Waals surface area contributed by atoms with Gasteiger partial charge in [0.2, 0.25) is 0 Å². The van der Waals surface area contributed by atoms with Gasteiger partial charge in [0.05, 0.1) is 36.6 Å². The highest BCUT2D eigenvalue weighted by Crippen LogP contribution is 2.26. The van der Waals surface area contributed by atoms with E-state index in [2.05, 4.69) is 20.5 Å². The smallest absolute Gasteiger partial charge is 0.319 e. The van der Waals surface area contributed by atoms with Crippen molar-refractivity contribution in [2.24, 2.45) is 0 Å². The van der Waals surface area contributed by atoms with E-state index in [1.54, 1.807) is 6.20 Å². The van der Waals surface area contributed by atoms with Crippen LogP contribution in [0.1, 0.15) is 0 Å². The quantitative estimate of drug-likeness (QED) is 0.630. The van der Waals surface area contributed by atoms with Crippen molar-refractivity contribution in [1.29, 1.82) is 0 Å². The van der Waals surface area contributed by atoms with Gasteiger partial charge in [0.15, 0.2) is 0 Å². The molecule has 29 heavy (non-hydrogen) atoms. The Kier molecular flexibility index (Phi) is 6.07. The molecule has 2 N–H and O–H groups in total. The fourth-order valence-electron chi connectivity index (χ4n) is 3.30. The number of ether oxygens (including phenoxy) is 2. The number of hydrogen-bond acceptors (Lipinski definition) is 5. The number of benzene rings is 2. The van der Waals surface area contributed by atoms with Crippen LogP contribution in [0.3, 0.4) is 0 Å². The van der Waals surface area contributed by atoms with Gasteiger partial charge in [-0.15, -0.1) is 0 Å². The van der Waals surface area contributed by atoms with Gasteiger partial charge in [0.1, 0.15) is 12.4 Å². The first-order chi connectivity index (χ1) is 14.3. The number of urea groups is 1. The summed E-state index contributed by atoms with van der Waals surface area (Å²) in [6, 6.07) is 17.2. The number of nitrogens with one attached hydrogen (secondary N) is 2. The summed E-state index contributed by atoms with van der Waals surface area (Å²) in [7, 11) is 0.